The van der Waals surface area contributed by atoms with Crippen LogP contribution in [0.2, 0.25) is 0 Å². The molecule has 5 heteroatoms. The van der Waals surface area contributed by atoms with Gasteiger partial charge in [-0.3, -0.25) is 0 Å². The molecule has 0 saturated heterocycles. The molecule has 0 atom stereocenters. The quantitative estimate of drug-likeness (QED) is 0.829. The smallest absolute Gasteiger partial charge is 0.353 e. The van der Waals surface area contributed by atoms with Gasteiger partial charge < -0.3 is 10.1 Å². The van der Waals surface area contributed by atoms with Crippen LogP contribution >= 0.6 is 0 Å². The molecule has 2 rings (SSSR count). The lowest BCUT2D eigenvalue weighted by molar-refractivity contribution is 0.0691. The number of hydrogen-bond donors (Lipinski definition) is 2. The van der Waals surface area contributed by atoms with Gasteiger partial charge in [-0.2, -0.15) is 0 Å². The Morgan fingerprint density at radius 3 is 2.94 bits per heavy atom. The van der Waals surface area contributed by atoms with Crippen LogP contribution in [0.4, 0.5) is 4.39 Å². The summed E-state index contributed by atoms with van der Waals surface area (Å²) in [6.45, 7) is 0. The molecular formula is C11H9FN2O2. The number of nitrogens with zero attached hydrogens (tertiary/aromatic N) is 1. The molecule has 0 fully saturated rings. The molecule has 0 amide bonds. The van der Waals surface area contributed by atoms with E-state index in [1.165, 1.54) is 18.3 Å². The molecule has 0 bridgehead atoms. The molecular weight excluding hydrogens is 211 g/mol. The first-order chi connectivity index (χ1) is 7.65. The van der Waals surface area contributed by atoms with Gasteiger partial charge in [0.25, 0.3) is 0 Å². The molecule has 2 aromatic rings. The van der Waals surface area contributed by atoms with E-state index in [0.29, 0.717) is 12.2 Å². The van der Waals surface area contributed by atoms with Crippen molar-refractivity contribution in [2.45, 2.75) is 6.42 Å². The average Bonchev–Trinajstić information content (AvgIpc) is 2.66. The number of hydrogen-bond acceptors (Lipinski definition) is 2. The summed E-state index contributed by atoms with van der Waals surface area (Å²) in [6.07, 6.45) is 1.63. The number of carbonyl (C=O) groups is 1. The number of carboxylic acids is 1. The van der Waals surface area contributed by atoms with Gasteiger partial charge in [-0.25, -0.2) is 14.2 Å². The normalized spacial score (nSPS) is 10.3. The van der Waals surface area contributed by atoms with Gasteiger partial charge in [-0.15, -0.1) is 0 Å². The molecule has 0 aliphatic heterocycles. The third kappa shape index (κ3) is 2.25. The standard InChI is InChI=1S/C11H9FN2O2/c12-8-3-1-2-7(4-8)5-10-13-6-9(14-10)11(15)16/h1-4,6H,5H2,(H,13,14)(H,15,16). The highest BCUT2D eigenvalue weighted by Crippen LogP contribution is 2.08. The van der Waals surface area contributed by atoms with Crippen LogP contribution in [0.15, 0.2) is 30.5 Å². The fraction of sp³-hybridized carbons (Fsp3) is 0.0909. The van der Waals surface area contributed by atoms with E-state index in [-0.39, 0.29) is 11.5 Å². The summed E-state index contributed by atoms with van der Waals surface area (Å²) in [6, 6.07) is 6.11. The van der Waals surface area contributed by atoms with Gasteiger partial charge >= 0.3 is 5.97 Å². The van der Waals surface area contributed by atoms with Crippen molar-refractivity contribution in [2.75, 3.05) is 0 Å². The number of carboxylic acid groups (broad SMARTS) is 1. The van der Waals surface area contributed by atoms with Crippen LogP contribution in [-0.2, 0) is 6.42 Å². The first kappa shape index (κ1) is 10.4. The van der Waals surface area contributed by atoms with Gasteiger partial charge in [-0.1, -0.05) is 12.1 Å². The van der Waals surface area contributed by atoms with Crippen LogP contribution < -0.4 is 0 Å². The Kier molecular flexibility index (Phi) is 2.68. The highest BCUT2D eigenvalue weighted by atomic mass is 19.1. The maximum absolute atomic E-state index is 12.9. The highest BCUT2D eigenvalue weighted by molar-refractivity contribution is 5.85. The number of imidazole rings is 1. The van der Waals surface area contributed by atoms with Gasteiger partial charge in [0.1, 0.15) is 17.3 Å². The number of aromatic amines is 1. The van der Waals surface area contributed by atoms with E-state index in [1.807, 2.05) is 0 Å². The molecule has 0 radical (unpaired) electrons. The molecule has 4 nitrogen and oxygen atoms in total. The number of halogens is 1. The zero-order valence-corrected chi connectivity index (χ0v) is 8.27. The van der Waals surface area contributed by atoms with E-state index in [1.54, 1.807) is 12.1 Å². The number of nitrogens with one attached hydrogen (secondary N) is 1. The van der Waals surface area contributed by atoms with E-state index in [0.717, 1.165) is 5.56 Å². The Labute approximate surface area is 90.8 Å². The van der Waals surface area contributed by atoms with E-state index in [9.17, 15) is 9.18 Å². The summed E-state index contributed by atoms with van der Waals surface area (Å²) in [7, 11) is 0. The molecule has 0 saturated carbocycles. The lowest BCUT2D eigenvalue weighted by atomic mass is 10.1. The molecule has 0 aliphatic carbocycles. The summed E-state index contributed by atoms with van der Waals surface area (Å²) < 4.78 is 12.9. The van der Waals surface area contributed by atoms with Gasteiger partial charge in [0.2, 0.25) is 0 Å². The summed E-state index contributed by atoms with van der Waals surface area (Å²) >= 11 is 0. The number of rotatable bonds is 3. The Bertz CT molecular complexity index is 522. The van der Waals surface area contributed by atoms with Crippen molar-refractivity contribution in [3.05, 3.63) is 53.4 Å². The minimum Gasteiger partial charge on any atom is -0.477 e. The summed E-state index contributed by atoms with van der Waals surface area (Å²) in [5.41, 5.74) is 0.776. The first-order valence-electron chi connectivity index (χ1n) is 4.67. The van der Waals surface area contributed by atoms with Crippen LogP contribution in [0.3, 0.4) is 0 Å². The van der Waals surface area contributed by atoms with E-state index in [4.69, 9.17) is 5.11 Å². The fourth-order valence-electron chi connectivity index (χ4n) is 1.40. The lowest BCUT2D eigenvalue weighted by Crippen LogP contribution is -1.97. The Balaban J connectivity index is 2.17. The van der Waals surface area contributed by atoms with Crippen molar-refractivity contribution in [1.82, 2.24) is 9.97 Å². The van der Waals surface area contributed by atoms with Crippen molar-refractivity contribution in [1.29, 1.82) is 0 Å². The van der Waals surface area contributed by atoms with Gasteiger partial charge in [0, 0.05) is 6.42 Å². The highest BCUT2D eigenvalue weighted by Gasteiger charge is 2.07. The third-order valence-electron chi connectivity index (χ3n) is 2.12. The minimum atomic E-state index is -1.06. The first-order valence-corrected chi connectivity index (χ1v) is 4.67. The van der Waals surface area contributed by atoms with Crippen LogP contribution in [0.25, 0.3) is 0 Å². The average molecular weight is 220 g/mol. The molecule has 82 valence electrons. The number of H-pyrrole nitrogens is 1. The van der Waals surface area contributed by atoms with Crippen LogP contribution in [0.1, 0.15) is 21.9 Å². The van der Waals surface area contributed by atoms with Crippen LogP contribution in [0.5, 0.6) is 0 Å². The number of benzene rings is 1. The molecule has 1 heterocycles. The molecule has 1 aromatic heterocycles. The van der Waals surface area contributed by atoms with Crippen LogP contribution in [-0.4, -0.2) is 21.0 Å². The van der Waals surface area contributed by atoms with Gasteiger partial charge in [0.15, 0.2) is 0 Å². The summed E-state index contributed by atoms with van der Waals surface area (Å²) in [5.74, 6) is -0.872. The van der Waals surface area contributed by atoms with Crippen molar-refractivity contribution < 1.29 is 14.3 Å². The maximum Gasteiger partial charge on any atom is 0.353 e. The van der Waals surface area contributed by atoms with Crippen LogP contribution in [0, 0.1) is 5.82 Å². The van der Waals surface area contributed by atoms with Gasteiger partial charge in [-0.05, 0) is 17.7 Å². The fourth-order valence-corrected chi connectivity index (χ4v) is 1.40. The molecule has 0 unspecified atom stereocenters. The molecule has 0 aliphatic rings. The van der Waals surface area contributed by atoms with Crippen molar-refractivity contribution in [3.63, 3.8) is 0 Å². The molecule has 0 spiro atoms. The molecule has 1 aromatic carbocycles. The van der Waals surface area contributed by atoms with E-state index < -0.39 is 5.97 Å². The maximum atomic E-state index is 12.9. The number of aromatic carboxylic acids is 1. The molecule has 2 N–H and O–H groups in total. The Hall–Kier alpha value is -2.17. The largest absolute Gasteiger partial charge is 0.477 e. The second kappa shape index (κ2) is 4.14. The van der Waals surface area contributed by atoms with E-state index >= 15 is 0 Å². The van der Waals surface area contributed by atoms with Crippen molar-refractivity contribution >= 4 is 5.97 Å². The third-order valence-corrected chi connectivity index (χ3v) is 2.12. The Morgan fingerprint density at radius 1 is 1.50 bits per heavy atom. The summed E-state index contributed by atoms with van der Waals surface area (Å²) in [4.78, 5) is 17.1. The van der Waals surface area contributed by atoms with Gasteiger partial charge in [0.05, 0.1) is 6.20 Å². The second-order valence-electron chi connectivity index (χ2n) is 3.36. The lowest BCUT2D eigenvalue weighted by Gasteiger charge is -1.97. The topological polar surface area (TPSA) is 66.0 Å². The summed E-state index contributed by atoms with van der Waals surface area (Å²) in [5, 5.41) is 8.68. The predicted molar refractivity (Wildman–Crippen MR) is 54.8 cm³/mol. The SMILES string of the molecule is O=C(O)c1cnc(Cc2cccc(F)c2)[nH]1. The zero-order chi connectivity index (χ0) is 11.5. The number of aromatic nitrogens is 2. The monoisotopic (exact) mass is 220 g/mol. The Morgan fingerprint density at radius 2 is 2.31 bits per heavy atom. The predicted octanol–water partition coefficient (Wildman–Crippen LogP) is 1.84. The second-order valence-corrected chi connectivity index (χ2v) is 3.36. The van der Waals surface area contributed by atoms with Crippen molar-refractivity contribution in [3.8, 4) is 0 Å². The van der Waals surface area contributed by atoms with E-state index in [2.05, 4.69) is 9.97 Å². The van der Waals surface area contributed by atoms with Crippen molar-refractivity contribution in [2.24, 2.45) is 0 Å². The molecule has 16 heavy (non-hydrogen) atoms. The zero-order valence-electron chi connectivity index (χ0n) is 8.27. The minimum absolute atomic E-state index is 0.0337.